The van der Waals surface area contributed by atoms with E-state index in [-0.39, 0.29) is 19.0 Å². The van der Waals surface area contributed by atoms with Crippen molar-refractivity contribution in [3.63, 3.8) is 0 Å². The van der Waals surface area contributed by atoms with E-state index < -0.39 is 11.8 Å². The van der Waals surface area contributed by atoms with Crippen LogP contribution in [0.3, 0.4) is 0 Å². The molecular formula is C13H16N4O3. The largest absolute Gasteiger partial charge is 0.399 e. The lowest BCUT2D eigenvalue weighted by molar-refractivity contribution is -0.135. The normalized spacial score (nSPS) is 15.0. The van der Waals surface area contributed by atoms with Crippen LogP contribution in [-0.4, -0.2) is 49.8 Å². The van der Waals surface area contributed by atoms with E-state index in [1.54, 1.807) is 37.2 Å². The Kier molecular flexibility index (Phi) is 3.60. The molecule has 3 N–H and O–H groups in total. The summed E-state index contributed by atoms with van der Waals surface area (Å²) in [5.41, 5.74) is 7.22. The van der Waals surface area contributed by atoms with Gasteiger partial charge < -0.3 is 15.5 Å². The molecule has 0 atom stereocenters. The van der Waals surface area contributed by atoms with Gasteiger partial charge in [0.25, 0.3) is 5.91 Å². The van der Waals surface area contributed by atoms with Gasteiger partial charge in [0, 0.05) is 25.5 Å². The number of amides is 3. The van der Waals surface area contributed by atoms with Crippen molar-refractivity contribution in [2.45, 2.75) is 0 Å². The maximum atomic E-state index is 12.5. The number of benzene rings is 1. The molecule has 0 spiro atoms. The summed E-state index contributed by atoms with van der Waals surface area (Å²) < 4.78 is 0. The minimum atomic E-state index is -0.482. The van der Waals surface area contributed by atoms with Gasteiger partial charge in [-0.15, -0.1) is 0 Å². The van der Waals surface area contributed by atoms with Gasteiger partial charge in [-0.2, -0.15) is 0 Å². The van der Waals surface area contributed by atoms with E-state index in [0.717, 1.165) is 0 Å². The maximum Gasteiger partial charge on any atom is 0.256 e. The molecule has 1 saturated heterocycles. The molecule has 1 aromatic rings. The van der Waals surface area contributed by atoms with E-state index in [9.17, 15) is 14.4 Å². The number of carbonyl (C=O) groups is 3. The van der Waals surface area contributed by atoms with Crippen molar-refractivity contribution in [3.8, 4) is 0 Å². The zero-order valence-electron chi connectivity index (χ0n) is 11.3. The minimum absolute atomic E-state index is 0.133. The van der Waals surface area contributed by atoms with Crippen molar-refractivity contribution in [1.29, 1.82) is 0 Å². The molecule has 1 aromatic carbocycles. The van der Waals surface area contributed by atoms with Crippen LogP contribution in [0.15, 0.2) is 18.2 Å². The van der Waals surface area contributed by atoms with Crippen LogP contribution in [0.4, 0.5) is 11.4 Å². The van der Waals surface area contributed by atoms with Crippen molar-refractivity contribution in [3.05, 3.63) is 23.8 Å². The van der Waals surface area contributed by atoms with E-state index in [0.29, 0.717) is 16.9 Å². The Balaban J connectivity index is 2.35. The number of piperazine rings is 1. The third-order valence-corrected chi connectivity index (χ3v) is 2.97. The SMILES string of the molecule is CN(C)c1ccc(N)cc1C(=O)N1CC(=O)NC(=O)C1. The Morgan fingerprint density at radius 2 is 1.85 bits per heavy atom. The summed E-state index contributed by atoms with van der Waals surface area (Å²) in [5.74, 6) is -1.35. The number of hydrogen-bond acceptors (Lipinski definition) is 5. The molecule has 0 bridgehead atoms. The van der Waals surface area contributed by atoms with Crippen molar-refractivity contribution in [1.82, 2.24) is 10.2 Å². The fourth-order valence-corrected chi connectivity index (χ4v) is 2.07. The number of anilines is 2. The van der Waals surface area contributed by atoms with Gasteiger partial charge in [-0.1, -0.05) is 0 Å². The molecule has 1 fully saturated rings. The molecule has 1 heterocycles. The van der Waals surface area contributed by atoms with Crippen molar-refractivity contribution in [2.24, 2.45) is 0 Å². The molecule has 7 nitrogen and oxygen atoms in total. The van der Waals surface area contributed by atoms with Gasteiger partial charge in [0.2, 0.25) is 11.8 Å². The highest BCUT2D eigenvalue weighted by molar-refractivity contribution is 6.07. The molecule has 20 heavy (non-hydrogen) atoms. The van der Waals surface area contributed by atoms with Gasteiger partial charge in [-0.3, -0.25) is 19.7 Å². The molecule has 106 valence electrons. The zero-order chi connectivity index (χ0) is 14.9. The topological polar surface area (TPSA) is 95.7 Å². The molecular weight excluding hydrogens is 260 g/mol. The third-order valence-electron chi connectivity index (χ3n) is 2.97. The Bertz CT molecular complexity index is 567. The molecule has 0 unspecified atom stereocenters. The van der Waals surface area contributed by atoms with E-state index >= 15 is 0 Å². The van der Waals surface area contributed by atoms with Crippen LogP contribution < -0.4 is 16.0 Å². The minimum Gasteiger partial charge on any atom is -0.399 e. The van der Waals surface area contributed by atoms with Gasteiger partial charge in [-0.25, -0.2) is 0 Å². The molecule has 7 heteroatoms. The van der Waals surface area contributed by atoms with Gasteiger partial charge in [0.15, 0.2) is 0 Å². The Hall–Kier alpha value is -2.57. The quantitative estimate of drug-likeness (QED) is 0.557. The zero-order valence-corrected chi connectivity index (χ0v) is 11.3. The number of hydrogen-bond donors (Lipinski definition) is 2. The van der Waals surface area contributed by atoms with Crippen LogP contribution in [0.5, 0.6) is 0 Å². The Morgan fingerprint density at radius 1 is 1.25 bits per heavy atom. The van der Waals surface area contributed by atoms with Crippen molar-refractivity contribution < 1.29 is 14.4 Å². The number of nitrogens with one attached hydrogen (secondary N) is 1. The number of rotatable bonds is 2. The monoisotopic (exact) mass is 276 g/mol. The second-order valence-corrected chi connectivity index (χ2v) is 4.80. The first-order valence-electron chi connectivity index (χ1n) is 6.07. The first-order chi connectivity index (χ1) is 9.38. The van der Waals surface area contributed by atoms with Gasteiger partial charge >= 0.3 is 0 Å². The first kappa shape index (κ1) is 13.9. The van der Waals surface area contributed by atoms with Gasteiger partial charge in [0.1, 0.15) is 13.1 Å². The lowest BCUT2D eigenvalue weighted by Crippen LogP contribution is -2.53. The summed E-state index contributed by atoms with van der Waals surface area (Å²) in [5, 5.41) is 2.16. The van der Waals surface area contributed by atoms with Crippen molar-refractivity contribution >= 4 is 29.1 Å². The van der Waals surface area contributed by atoms with Crippen LogP contribution in [0.1, 0.15) is 10.4 Å². The van der Waals surface area contributed by atoms with Gasteiger partial charge in [-0.05, 0) is 18.2 Å². The predicted octanol–water partition coefficient (Wildman–Crippen LogP) is -0.567. The molecule has 1 aliphatic rings. The summed E-state index contributed by atoms with van der Waals surface area (Å²) in [6.45, 7) is -0.265. The fraction of sp³-hybridized carbons (Fsp3) is 0.308. The summed E-state index contributed by atoms with van der Waals surface area (Å²) in [6.07, 6.45) is 0. The fourth-order valence-electron chi connectivity index (χ4n) is 2.07. The number of nitrogens with two attached hydrogens (primary N) is 1. The average Bonchev–Trinajstić information content (AvgIpc) is 2.36. The molecule has 0 radical (unpaired) electrons. The van der Waals surface area contributed by atoms with E-state index in [2.05, 4.69) is 5.32 Å². The van der Waals surface area contributed by atoms with E-state index in [1.807, 2.05) is 0 Å². The Labute approximate surface area is 116 Å². The molecule has 1 aliphatic heterocycles. The molecule has 2 rings (SSSR count). The van der Waals surface area contributed by atoms with Crippen LogP contribution in [0, 0.1) is 0 Å². The lowest BCUT2D eigenvalue weighted by Gasteiger charge is -2.27. The standard InChI is InChI=1S/C13H16N4O3/c1-16(2)10-4-3-8(14)5-9(10)13(20)17-6-11(18)15-12(19)7-17/h3-5H,6-7,14H2,1-2H3,(H,15,18,19). The number of carbonyl (C=O) groups excluding carboxylic acids is 3. The summed E-state index contributed by atoms with van der Waals surface area (Å²) in [7, 11) is 3.60. The van der Waals surface area contributed by atoms with Crippen LogP contribution in [0.25, 0.3) is 0 Å². The van der Waals surface area contributed by atoms with Crippen LogP contribution in [-0.2, 0) is 9.59 Å². The molecule has 0 aliphatic carbocycles. The van der Waals surface area contributed by atoms with E-state index in [1.165, 1.54) is 4.90 Å². The highest BCUT2D eigenvalue weighted by atomic mass is 16.2. The van der Waals surface area contributed by atoms with Gasteiger partial charge in [0.05, 0.1) is 5.56 Å². The number of nitrogen functional groups attached to an aromatic ring is 1. The summed E-state index contributed by atoms with van der Waals surface area (Å²) in [6, 6.07) is 4.98. The maximum absolute atomic E-state index is 12.5. The lowest BCUT2D eigenvalue weighted by atomic mass is 10.1. The highest BCUT2D eigenvalue weighted by Gasteiger charge is 2.28. The smallest absolute Gasteiger partial charge is 0.256 e. The predicted molar refractivity (Wildman–Crippen MR) is 74.2 cm³/mol. The van der Waals surface area contributed by atoms with Crippen LogP contribution in [0.2, 0.25) is 0 Å². The Morgan fingerprint density at radius 3 is 2.40 bits per heavy atom. The highest BCUT2D eigenvalue weighted by Crippen LogP contribution is 2.23. The average molecular weight is 276 g/mol. The van der Waals surface area contributed by atoms with Crippen LogP contribution >= 0.6 is 0 Å². The molecule has 3 amide bonds. The second kappa shape index (κ2) is 5.20. The first-order valence-corrected chi connectivity index (χ1v) is 6.07. The van der Waals surface area contributed by atoms with E-state index in [4.69, 9.17) is 5.73 Å². The molecule has 0 saturated carbocycles. The third kappa shape index (κ3) is 2.71. The second-order valence-electron chi connectivity index (χ2n) is 4.80. The summed E-state index contributed by atoms with van der Waals surface area (Å²) >= 11 is 0. The number of imide groups is 1. The number of nitrogens with zero attached hydrogens (tertiary/aromatic N) is 2. The molecule has 0 aromatic heterocycles. The van der Waals surface area contributed by atoms with Crippen molar-refractivity contribution in [2.75, 3.05) is 37.8 Å². The summed E-state index contributed by atoms with van der Waals surface area (Å²) in [4.78, 5) is 38.2.